The van der Waals surface area contributed by atoms with E-state index < -0.39 is 17.9 Å². The van der Waals surface area contributed by atoms with E-state index >= 15 is 0 Å². The number of carboxylic acids is 1. The molecule has 1 heterocycles. The Morgan fingerprint density at radius 2 is 1.64 bits per heavy atom. The largest absolute Gasteiger partial charge is 0.490 e. The molecule has 182 valence electrons. The molecule has 1 amide bonds. The van der Waals surface area contributed by atoms with Crippen LogP contribution < -0.4 is 10.1 Å². The zero-order valence-corrected chi connectivity index (χ0v) is 19.9. The minimum Gasteiger partial charge on any atom is -0.490 e. The third kappa shape index (κ3) is 5.54. The molecule has 1 fully saturated rings. The summed E-state index contributed by atoms with van der Waals surface area (Å²) in [5.74, 6) is -0.593. The number of nitrogens with zero attached hydrogens (tertiary/aromatic N) is 1. The highest BCUT2D eigenvalue weighted by Gasteiger charge is 2.21. The molecule has 6 nitrogen and oxygen atoms in total. The van der Waals surface area contributed by atoms with E-state index in [1.807, 2.05) is 72.8 Å². The number of hydrogen-bond donors (Lipinski definition) is 2. The number of carbonyl (C=O) groups excluding carboxylic acids is 1. The number of hydrogen-bond acceptors (Lipinski definition) is 4. The van der Waals surface area contributed by atoms with Crippen molar-refractivity contribution in [1.29, 1.82) is 0 Å². The summed E-state index contributed by atoms with van der Waals surface area (Å²) in [5.41, 5.74) is 3.05. The number of nitrogens with one attached hydrogen (secondary N) is 1. The molecule has 1 atom stereocenters. The average Bonchev–Trinajstić information content (AvgIpc) is 3.41. The molecule has 0 radical (unpaired) electrons. The molecule has 0 bridgehead atoms. The average molecular weight is 481 g/mol. The lowest BCUT2D eigenvalue weighted by atomic mass is 9.99. The van der Waals surface area contributed by atoms with E-state index in [9.17, 15) is 14.7 Å². The van der Waals surface area contributed by atoms with Crippen molar-refractivity contribution >= 4 is 22.6 Å². The van der Waals surface area contributed by atoms with Crippen LogP contribution in [0.15, 0.2) is 85.1 Å². The Bertz CT molecular complexity index is 1360. The molecule has 1 aromatic heterocycles. The van der Waals surface area contributed by atoms with E-state index in [1.165, 1.54) is 12.8 Å². The number of aromatic nitrogens is 1. The van der Waals surface area contributed by atoms with E-state index in [0.717, 1.165) is 46.1 Å². The first-order valence-electron chi connectivity index (χ1n) is 12.3. The number of fused-ring (bicyclic) bond motifs is 1. The molecule has 5 rings (SSSR count). The third-order valence-corrected chi connectivity index (χ3v) is 6.64. The normalized spacial score (nSPS) is 14.4. The molecule has 6 heteroatoms. The molecule has 2 N–H and O–H groups in total. The van der Waals surface area contributed by atoms with E-state index in [4.69, 9.17) is 4.74 Å². The fourth-order valence-corrected chi connectivity index (χ4v) is 4.71. The first-order chi connectivity index (χ1) is 17.5. The lowest BCUT2D eigenvalue weighted by Crippen LogP contribution is -2.30. The summed E-state index contributed by atoms with van der Waals surface area (Å²) in [6.07, 6.45) is 6.28. The van der Waals surface area contributed by atoms with Crippen LogP contribution in [0, 0.1) is 0 Å². The first-order valence-corrected chi connectivity index (χ1v) is 12.3. The molecule has 1 unspecified atom stereocenters. The number of benzene rings is 3. The summed E-state index contributed by atoms with van der Waals surface area (Å²) < 4.78 is 6.07. The van der Waals surface area contributed by atoms with Crippen molar-refractivity contribution in [1.82, 2.24) is 10.3 Å². The van der Waals surface area contributed by atoms with Crippen molar-refractivity contribution in [2.75, 3.05) is 0 Å². The number of pyridine rings is 1. The molecule has 0 spiro atoms. The van der Waals surface area contributed by atoms with Gasteiger partial charge in [0.25, 0.3) is 5.91 Å². The van der Waals surface area contributed by atoms with Crippen molar-refractivity contribution in [2.45, 2.75) is 44.2 Å². The Balaban J connectivity index is 1.32. The molecule has 3 aromatic carbocycles. The molecular weight excluding hydrogens is 452 g/mol. The summed E-state index contributed by atoms with van der Waals surface area (Å²) in [6.45, 7) is 0. The van der Waals surface area contributed by atoms with Crippen LogP contribution in [-0.4, -0.2) is 28.1 Å². The summed E-state index contributed by atoms with van der Waals surface area (Å²) in [4.78, 5) is 28.9. The second-order valence-electron chi connectivity index (χ2n) is 9.21. The number of carboxylic acid groups (broad SMARTS) is 1. The van der Waals surface area contributed by atoms with Crippen LogP contribution in [0.2, 0.25) is 0 Å². The van der Waals surface area contributed by atoms with Crippen LogP contribution in [0.25, 0.3) is 21.9 Å². The van der Waals surface area contributed by atoms with Gasteiger partial charge in [0.15, 0.2) is 0 Å². The van der Waals surface area contributed by atoms with Gasteiger partial charge in [0.1, 0.15) is 11.4 Å². The molecular formula is C30H28N2O4. The summed E-state index contributed by atoms with van der Waals surface area (Å²) in [7, 11) is 0. The van der Waals surface area contributed by atoms with Gasteiger partial charge >= 0.3 is 5.97 Å². The van der Waals surface area contributed by atoms with Crippen LogP contribution in [-0.2, 0) is 4.79 Å². The van der Waals surface area contributed by atoms with Crippen LogP contribution >= 0.6 is 0 Å². The second-order valence-corrected chi connectivity index (χ2v) is 9.21. The first kappa shape index (κ1) is 23.5. The molecule has 36 heavy (non-hydrogen) atoms. The van der Waals surface area contributed by atoms with E-state index in [1.54, 1.807) is 12.3 Å². The molecule has 0 saturated heterocycles. The van der Waals surface area contributed by atoms with Gasteiger partial charge in [-0.15, -0.1) is 0 Å². The van der Waals surface area contributed by atoms with Crippen molar-refractivity contribution in [3.05, 3.63) is 96.3 Å². The maximum Gasteiger partial charge on any atom is 0.305 e. The number of aliphatic carboxylic acids is 1. The summed E-state index contributed by atoms with van der Waals surface area (Å²) >= 11 is 0. The quantitative estimate of drug-likeness (QED) is 0.315. The van der Waals surface area contributed by atoms with Gasteiger partial charge in [0.05, 0.1) is 18.6 Å². The van der Waals surface area contributed by atoms with E-state index in [0.29, 0.717) is 0 Å². The van der Waals surface area contributed by atoms with Gasteiger partial charge in [0.2, 0.25) is 0 Å². The van der Waals surface area contributed by atoms with Crippen LogP contribution in [0.1, 0.15) is 54.2 Å². The number of rotatable bonds is 8. The zero-order valence-electron chi connectivity index (χ0n) is 19.9. The fraction of sp³-hybridized carbons (Fsp3) is 0.233. The van der Waals surface area contributed by atoms with Gasteiger partial charge in [-0.3, -0.25) is 14.6 Å². The standard InChI is InChI=1S/C30H28N2O4/c33-29(34)18-27(22-12-10-21(11-13-22)20-6-2-1-3-7-20)32-30(35)28-17-23-14-15-26(16-24(23)19-31-28)36-25-8-4-5-9-25/h1-3,6-7,10-17,19,25,27H,4-5,8-9,18H2,(H,32,35)(H,33,34). The zero-order chi connectivity index (χ0) is 24.9. The van der Waals surface area contributed by atoms with Crippen LogP contribution in [0.5, 0.6) is 5.75 Å². The van der Waals surface area contributed by atoms with Crippen molar-refractivity contribution in [3.8, 4) is 16.9 Å². The maximum atomic E-state index is 13.0. The molecule has 1 aliphatic rings. The van der Waals surface area contributed by atoms with Gasteiger partial charge in [-0.05, 0) is 66.0 Å². The highest BCUT2D eigenvalue weighted by molar-refractivity contribution is 5.97. The Morgan fingerprint density at radius 1 is 0.917 bits per heavy atom. The minimum absolute atomic E-state index is 0.230. The van der Waals surface area contributed by atoms with Gasteiger partial charge in [-0.2, -0.15) is 0 Å². The van der Waals surface area contributed by atoms with Gasteiger partial charge in [-0.1, -0.05) is 60.7 Å². The Morgan fingerprint density at radius 3 is 2.36 bits per heavy atom. The molecule has 0 aliphatic heterocycles. The smallest absolute Gasteiger partial charge is 0.305 e. The number of ether oxygens (including phenoxy) is 1. The Hall–Kier alpha value is -4.19. The van der Waals surface area contributed by atoms with Gasteiger partial charge in [-0.25, -0.2) is 0 Å². The number of amides is 1. The van der Waals surface area contributed by atoms with Gasteiger partial charge in [0, 0.05) is 11.6 Å². The van der Waals surface area contributed by atoms with Crippen molar-refractivity contribution in [2.24, 2.45) is 0 Å². The van der Waals surface area contributed by atoms with E-state index in [2.05, 4.69) is 10.3 Å². The molecule has 1 aliphatic carbocycles. The summed E-state index contributed by atoms with van der Waals surface area (Å²) in [6, 6.07) is 24.3. The third-order valence-electron chi connectivity index (χ3n) is 6.64. The van der Waals surface area contributed by atoms with Crippen LogP contribution in [0.4, 0.5) is 0 Å². The molecule has 4 aromatic rings. The Kier molecular flexibility index (Phi) is 6.94. The lowest BCUT2D eigenvalue weighted by Gasteiger charge is -2.18. The molecule has 1 saturated carbocycles. The van der Waals surface area contributed by atoms with Crippen molar-refractivity contribution in [3.63, 3.8) is 0 Å². The lowest BCUT2D eigenvalue weighted by molar-refractivity contribution is -0.137. The highest BCUT2D eigenvalue weighted by Crippen LogP contribution is 2.27. The van der Waals surface area contributed by atoms with E-state index in [-0.39, 0.29) is 18.2 Å². The summed E-state index contributed by atoms with van der Waals surface area (Å²) in [5, 5.41) is 14.1. The monoisotopic (exact) mass is 480 g/mol. The fourth-order valence-electron chi connectivity index (χ4n) is 4.71. The topological polar surface area (TPSA) is 88.5 Å². The SMILES string of the molecule is O=C(O)CC(NC(=O)c1cc2ccc(OC3CCCC3)cc2cn1)c1ccc(-c2ccccc2)cc1. The predicted molar refractivity (Wildman–Crippen MR) is 139 cm³/mol. The highest BCUT2D eigenvalue weighted by atomic mass is 16.5. The predicted octanol–water partition coefficient (Wildman–Crippen LogP) is 6.17. The minimum atomic E-state index is -0.992. The second kappa shape index (κ2) is 10.6. The Labute approximate surface area is 210 Å². The van der Waals surface area contributed by atoms with Crippen molar-refractivity contribution < 1.29 is 19.4 Å². The van der Waals surface area contributed by atoms with Gasteiger partial charge < -0.3 is 15.2 Å². The van der Waals surface area contributed by atoms with Crippen LogP contribution in [0.3, 0.4) is 0 Å². The number of carbonyl (C=O) groups is 2. The maximum absolute atomic E-state index is 13.0.